The van der Waals surface area contributed by atoms with Gasteiger partial charge in [-0.15, -0.1) is 0 Å². The van der Waals surface area contributed by atoms with Crippen LogP contribution < -0.4 is 16.4 Å². The molecular weight excluding hydrogens is 533 g/mol. The number of nitrogens with zero attached hydrogens (tertiary/aromatic N) is 1. The van der Waals surface area contributed by atoms with Crippen LogP contribution in [0, 0.1) is 23.2 Å². The third kappa shape index (κ3) is 7.45. The summed E-state index contributed by atoms with van der Waals surface area (Å²) < 4.78 is 44.1. The van der Waals surface area contributed by atoms with Gasteiger partial charge in [0.05, 0.1) is 6.04 Å². The van der Waals surface area contributed by atoms with E-state index >= 15 is 0 Å². The van der Waals surface area contributed by atoms with Crippen molar-refractivity contribution in [3.05, 3.63) is 0 Å². The number of primary amides is 1. The largest absolute Gasteiger partial charge is 0.444 e. The van der Waals surface area contributed by atoms with Gasteiger partial charge in [0.1, 0.15) is 17.7 Å². The number of carbonyl (C=O) groups excluding carboxylic acids is 5. The molecule has 1 saturated heterocycles. The van der Waals surface area contributed by atoms with Crippen LogP contribution in [0.4, 0.5) is 18.0 Å². The summed E-state index contributed by atoms with van der Waals surface area (Å²) in [6.45, 7) is 9.16. The molecule has 226 valence electrons. The predicted octanol–water partition coefficient (Wildman–Crippen LogP) is 2.82. The van der Waals surface area contributed by atoms with E-state index in [1.165, 1.54) is 4.90 Å². The van der Waals surface area contributed by atoms with Crippen molar-refractivity contribution < 1.29 is 41.9 Å². The highest BCUT2D eigenvalue weighted by molar-refractivity contribution is 6.37. The summed E-state index contributed by atoms with van der Waals surface area (Å²) in [7, 11) is 0. The van der Waals surface area contributed by atoms with Crippen LogP contribution in [0.25, 0.3) is 0 Å². The van der Waals surface area contributed by atoms with Gasteiger partial charge in [-0.1, -0.05) is 33.1 Å². The lowest BCUT2D eigenvalue weighted by atomic mass is 9.83. The molecule has 0 radical (unpaired) electrons. The van der Waals surface area contributed by atoms with Crippen LogP contribution in [0.15, 0.2) is 0 Å². The Morgan fingerprint density at radius 1 is 1.02 bits per heavy atom. The van der Waals surface area contributed by atoms with E-state index in [1.807, 2.05) is 13.8 Å². The van der Waals surface area contributed by atoms with Crippen molar-refractivity contribution in [1.29, 1.82) is 0 Å². The minimum Gasteiger partial charge on any atom is -0.444 e. The maximum Gasteiger partial charge on any atom is 0.408 e. The molecule has 3 aliphatic rings. The Bertz CT molecular complexity index is 1020. The quantitative estimate of drug-likeness (QED) is 0.361. The minimum atomic E-state index is -4.62. The van der Waals surface area contributed by atoms with E-state index < -0.39 is 72.3 Å². The number of fused-ring (bicyclic) bond motifs is 1. The van der Waals surface area contributed by atoms with E-state index in [0.717, 1.165) is 19.3 Å². The topological polar surface area (TPSA) is 148 Å². The number of rotatable bonds is 9. The van der Waals surface area contributed by atoms with Crippen molar-refractivity contribution in [2.45, 2.75) is 109 Å². The van der Waals surface area contributed by atoms with Crippen LogP contribution in [0.5, 0.6) is 0 Å². The van der Waals surface area contributed by atoms with E-state index in [4.69, 9.17) is 10.5 Å². The van der Waals surface area contributed by atoms with Gasteiger partial charge >= 0.3 is 12.3 Å². The molecule has 0 bridgehead atoms. The zero-order valence-electron chi connectivity index (χ0n) is 23.7. The van der Waals surface area contributed by atoms with Crippen LogP contribution in [-0.2, 0) is 23.9 Å². The summed E-state index contributed by atoms with van der Waals surface area (Å²) in [6, 6.07) is -3.83. The molecule has 0 aromatic heterocycles. The smallest absolute Gasteiger partial charge is 0.408 e. The minimum absolute atomic E-state index is 0.0544. The third-order valence-electron chi connectivity index (χ3n) is 8.41. The average molecular weight is 575 g/mol. The summed E-state index contributed by atoms with van der Waals surface area (Å²) in [5.74, 6) is -4.65. The molecule has 40 heavy (non-hydrogen) atoms. The van der Waals surface area contributed by atoms with E-state index in [2.05, 4.69) is 10.6 Å². The number of piperidine rings is 1. The van der Waals surface area contributed by atoms with Gasteiger partial charge in [-0.2, -0.15) is 13.2 Å². The monoisotopic (exact) mass is 574 g/mol. The zero-order chi connectivity index (χ0) is 30.2. The molecule has 2 aliphatic carbocycles. The number of ether oxygens (including phenoxy) is 1. The van der Waals surface area contributed by atoms with Gasteiger partial charge in [-0.05, 0) is 63.2 Å². The standard InChI is InChI=1S/C27H41F3N4O6/c1-25(2,3)40-24(39)33-18(14-9-7-6-8-10-14)23(38)34-13-15-17(26(15,4)5)19(34)22(37)32-16(20(35)21(31)36)11-12-27(28,29)30/h14-19H,6-13H2,1-5H3,(H2,31,36)(H,32,37)(H,33,39)/t15-,16+,17-,18-,19-/m0/s1. The van der Waals surface area contributed by atoms with Crippen molar-refractivity contribution in [2.75, 3.05) is 6.54 Å². The normalized spacial score (nSPS) is 25.8. The molecule has 4 N–H and O–H groups in total. The Morgan fingerprint density at radius 3 is 2.15 bits per heavy atom. The van der Waals surface area contributed by atoms with Gasteiger partial charge < -0.3 is 26.0 Å². The molecule has 3 rings (SSSR count). The summed E-state index contributed by atoms with van der Waals surface area (Å²) in [4.78, 5) is 65.4. The molecule has 4 amide bonds. The number of amides is 4. The first-order valence-electron chi connectivity index (χ1n) is 13.8. The number of Topliss-reactive ketones (excluding diaryl/α,β-unsaturated/α-hetero) is 1. The van der Waals surface area contributed by atoms with Crippen LogP contribution in [0.3, 0.4) is 0 Å². The summed E-state index contributed by atoms with van der Waals surface area (Å²) in [6.07, 6.45) is -3.51. The molecule has 0 spiro atoms. The fourth-order valence-electron chi connectivity index (χ4n) is 6.28. The molecule has 0 aromatic rings. The fraction of sp³-hybridized carbons (Fsp3) is 0.815. The Kier molecular flexibility index (Phi) is 9.15. The molecular formula is C27H41F3N4O6. The van der Waals surface area contributed by atoms with Crippen LogP contribution in [-0.4, -0.2) is 70.9 Å². The number of halogens is 3. The fourth-order valence-corrected chi connectivity index (χ4v) is 6.28. The summed E-state index contributed by atoms with van der Waals surface area (Å²) in [5.41, 5.74) is 3.91. The van der Waals surface area contributed by atoms with Gasteiger partial charge in [0.25, 0.3) is 5.91 Å². The highest BCUT2D eigenvalue weighted by Crippen LogP contribution is 2.65. The summed E-state index contributed by atoms with van der Waals surface area (Å²) in [5, 5.41) is 5.00. The van der Waals surface area contributed by atoms with E-state index in [-0.39, 0.29) is 29.7 Å². The maximum absolute atomic E-state index is 14.0. The Hall–Kier alpha value is -2.86. The number of carbonyl (C=O) groups is 5. The number of alkyl halides is 3. The molecule has 0 unspecified atom stereocenters. The first kappa shape index (κ1) is 31.7. The number of nitrogens with one attached hydrogen (secondary N) is 2. The second-order valence-electron chi connectivity index (χ2n) is 12.9. The first-order chi connectivity index (χ1) is 18.3. The van der Waals surface area contributed by atoms with E-state index in [1.54, 1.807) is 20.8 Å². The van der Waals surface area contributed by atoms with Gasteiger partial charge in [0, 0.05) is 13.0 Å². The number of alkyl carbamates (subject to hydrolysis) is 1. The molecule has 0 aromatic carbocycles. The maximum atomic E-state index is 14.0. The van der Waals surface area contributed by atoms with Gasteiger partial charge in [0.15, 0.2) is 0 Å². The second kappa shape index (κ2) is 11.6. The second-order valence-corrected chi connectivity index (χ2v) is 12.9. The number of likely N-dealkylation sites (tertiary alicyclic amines) is 1. The molecule has 1 heterocycles. The van der Waals surface area contributed by atoms with E-state index in [0.29, 0.717) is 12.8 Å². The number of ketones is 1. The average Bonchev–Trinajstić information content (AvgIpc) is 3.15. The molecule has 5 atom stereocenters. The first-order valence-corrected chi connectivity index (χ1v) is 13.8. The number of nitrogens with two attached hydrogens (primary N) is 1. The molecule has 13 heteroatoms. The Balaban J connectivity index is 1.86. The summed E-state index contributed by atoms with van der Waals surface area (Å²) >= 11 is 0. The molecule has 1 aliphatic heterocycles. The Morgan fingerprint density at radius 2 is 1.62 bits per heavy atom. The van der Waals surface area contributed by atoms with Crippen molar-refractivity contribution in [1.82, 2.24) is 15.5 Å². The third-order valence-corrected chi connectivity index (χ3v) is 8.41. The van der Waals surface area contributed by atoms with Crippen LogP contribution >= 0.6 is 0 Å². The SMILES string of the molecule is CC(C)(C)OC(=O)N[C@H](C(=O)N1C[C@H]2[C@@H]([C@H]1C(=O)N[C@H](CCC(F)(F)F)C(=O)C(N)=O)C2(C)C)C1CCCCC1. The highest BCUT2D eigenvalue weighted by atomic mass is 19.4. The highest BCUT2D eigenvalue weighted by Gasteiger charge is 2.69. The lowest BCUT2D eigenvalue weighted by Gasteiger charge is -2.37. The van der Waals surface area contributed by atoms with Gasteiger partial charge in [0.2, 0.25) is 17.6 Å². The lowest BCUT2D eigenvalue weighted by Crippen LogP contribution is -2.59. The molecule has 2 saturated carbocycles. The van der Waals surface area contributed by atoms with Crippen molar-refractivity contribution >= 4 is 29.6 Å². The lowest BCUT2D eigenvalue weighted by molar-refractivity contribution is -0.147. The number of hydrogen-bond acceptors (Lipinski definition) is 6. The van der Waals surface area contributed by atoms with Crippen molar-refractivity contribution in [2.24, 2.45) is 28.9 Å². The number of hydrogen-bond donors (Lipinski definition) is 3. The van der Waals surface area contributed by atoms with Crippen LogP contribution in [0.2, 0.25) is 0 Å². The Labute approximate surface area is 232 Å². The van der Waals surface area contributed by atoms with Gasteiger partial charge in [-0.25, -0.2) is 4.79 Å². The predicted molar refractivity (Wildman–Crippen MR) is 137 cm³/mol. The van der Waals surface area contributed by atoms with Crippen molar-refractivity contribution in [3.8, 4) is 0 Å². The molecule has 3 fully saturated rings. The van der Waals surface area contributed by atoms with Crippen molar-refractivity contribution in [3.63, 3.8) is 0 Å². The van der Waals surface area contributed by atoms with Crippen LogP contribution in [0.1, 0.15) is 79.6 Å². The zero-order valence-corrected chi connectivity index (χ0v) is 23.7. The van der Waals surface area contributed by atoms with E-state index in [9.17, 15) is 37.1 Å². The molecule has 10 nitrogen and oxygen atoms in total. The van der Waals surface area contributed by atoms with Gasteiger partial charge in [-0.3, -0.25) is 19.2 Å².